The molecule has 0 radical (unpaired) electrons. The van der Waals surface area contributed by atoms with Gasteiger partial charge in [0.15, 0.2) is 5.76 Å². The molecule has 0 atom stereocenters. The lowest BCUT2D eigenvalue weighted by Crippen LogP contribution is -2.65. The van der Waals surface area contributed by atoms with E-state index >= 15 is 0 Å². The van der Waals surface area contributed by atoms with Crippen LogP contribution in [0.5, 0.6) is 11.7 Å². The van der Waals surface area contributed by atoms with Crippen molar-refractivity contribution in [2.24, 2.45) is 0 Å². The number of benzene rings is 1. The Bertz CT molecular complexity index is 652. The van der Waals surface area contributed by atoms with Crippen LogP contribution in [0.25, 0.3) is 0 Å². The van der Waals surface area contributed by atoms with Crippen molar-refractivity contribution in [2.45, 2.75) is 31.2 Å². The molecule has 2 fully saturated rings. The summed E-state index contributed by atoms with van der Waals surface area (Å²) in [5.74, 6) is 1.41. The molecule has 1 aliphatic heterocycles. The SMILES string of the molecule is O=C(c1ccc(Oc2ccccc2)o1)N1CCC12CCC2. The first-order valence-electron chi connectivity index (χ1n) is 7.42. The van der Waals surface area contributed by atoms with Gasteiger partial charge in [-0.1, -0.05) is 18.2 Å². The van der Waals surface area contributed by atoms with Crippen molar-refractivity contribution in [3.05, 3.63) is 48.2 Å². The molecule has 1 aliphatic carbocycles. The monoisotopic (exact) mass is 283 g/mol. The molecule has 4 heteroatoms. The predicted molar refractivity (Wildman–Crippen MR) is 77.5 cm³/mol. The van der Waals surface area contributed by atoms with E-state index in [9.17, 15) is 4.79 Å². The van der Waals surface area contributed by atoms with E-state index in [0.29, 0.717) is 17.5 Å². The minimum Gasteiger partial charge on any atom is -0.426 e. The van der Waals surface area contributed by atoms with Crippen molar-refractivity contribution in [2.75, 3.05) is 6.54 Å². The minimum atomic E-state index is -0.0103. The number of furan rings is 1. The molecule has 21 heavy (non-hydrogen) atoms. The highest BCUT2D eigenvalue weighted by Crippen LogP contribution is 2.47. The van der Waals surface area contributed by atoms with Crippen molar-refractivity contribution in [3.8, 4) is 11.7 Å². The van der Waals surface area contributed by atoms with Gasteiger partial charge in [0.05, 0.1) is 0 Å². The molecule has 1 amide bonds. The third-order valence-corrected chi connectivity index (χ3v) is 4.66. The molecular weight excluding hydrogens is 266 g/mol. The van der Waals surface area contributed by atoms with Gasteiger partial charge in [0.25, 0.3) is 11.9 Å². The number of ether oxygens (including phenoxy) is 1. The van der Waals surface area contributed by atoms with Crippen LogP contribution in [0.15, 0.2) is 46.9 Å². The summed E-state index contributed by atoms with van der Waals surface area (Å²) in [6.07, 6.45) is 4.62. The molecule has 1 saturated carbocycles. The molecule has 1 saturated heterocycles. The summed E-state index contributed by atoms with van der Waals surface area (Å²) in [7, 11) is 0. The van der Waals surface area contributed by atoms with Gasteiger partial charge in [-0.25, -0.2) is 0 Å². The second-order valence-corrected chi connectivity index (χ2v) is 5.82. The van der Waals surface area contributed by atoms with Crippen LogP contribution in [-0.2, 0) is 0 Å². The van der Waals surface area contributed by atoms with Crippen molar-refractivity contribution in [1.29, 1.82) is 0 Å². The largest absolute Gasteiger partial charge is 0.426 e. The summed E-state index contributed by atoms with van der Waals surface area (Å²) in [5.41, 5.74) is 0.143. The fourth-order valence-corrected chi connectivity index (χ4v) is 3.19. The Balaban J connectivity index is 1.48. The number of rotatable bonds is 3. The van der Waals surface area contributed by atoms with E-state index in [2.05, 4.69) is 0 Å². The zero-order chi connectivity index (χ0) is 14.3. The van der Waals surface area contributed by atoms with Crippen LogP contribution >= 0.6 is 0 Å². The zero-order valence-electron chi connectivity index (χ0n) is 11.7. The molecule has 0 N–H and O–H groups in total. The Hall–Kier alpha value is -2.23. The fourth-order valence-electron chi connectivity index (χ4n) is 3.19. The number of carbonyl (C=O) groups excluding carboxylic acids is 1. The Morgan fingerprint density at radius 3 is 2.52 bits per heavy atom. The van der Waals surface area contributed by atoms with Crippen LogP contribution in [0.3, 0.4) is 0 Å². The molecular formula is C17H17NO3. The Kier molecular flexibility index (Phi) is 2.77. The number of para-hydroxylation sites is 1. The molecule has 1 aromatic carbocycles. The molecule has 2 heterocycles. The normalized spacial score (nSPS) is 19.0. The quantitative estimate of drug-likeness (QED) is 0.859. The van der Waals surface area contributed by atoms with Gasteiger partial charge < -0.3 is 14.1 Å². The van der Waals surface area contributed by atoms with Crippen LogP contribution in [0.4, 0.5) is 0 Å². The summed E-state index contributed by atoms with van der Waals surface area (Å²) in [6, 6.07) is 12.8. The van der Waals surface area contributed by atoms with Crippen molar-refractivity contribution >= 4 is 5.91 Å². The van der Waals surface area contributed by atoms with E-state index in [4.69, 9.17) is 9.15 Å². The van der Waals surface area contributed by atoms with Gasteiger partial charge in [0.2, 0.25) is 0 Å². The number of nitrogens with zero attached hydrogens (tertiary/aromatic N) is 1. The Labute approximate surface area is 123 Å². The van der Waals surface area contributed by atoms with Gasteiger partial charge in [0, 0.05) is 18.2 Å². The van der Waals surface area contributed by atoms with Crippen LogP contribution in [0, 0.1) is 0 Å². The number of likely N-dealkylation sites (tertiary alicyclic amines) is 1. The maximum absolute atomic E-state index is 12.5. The Morgan fingerprint density at radius 1 is 1.10 bits per heavy atom. The van der Waals surface area contributed by atoms with Gasteiger partial charge in [0.1, 0.15) is 5.75 Å². The van der Waals surface area contributed by atoms with E-state index in [1.807, 2.05) is 35.2 Å². The molecule has 4 nitrogen and oxygen atoms in total. The van der Waals surface area contributed by atoms with E-state index < -0.39 is 0 Å². The third kappa shape index (κ3) is 2.02. The first kappa shape index (κ1) is 12.5. The molecule has 4 rings (SSSR count). The van der Waals surface area contributed by atoms with Crippen LogP contribution in [0.1, 0.15) is 36.2 Å². The highest BCUT2D eigenvalue weighted by atomic mass is 16.6. The number of carbonyl (C=O) groups is 1. The molecule has 1 spiro atoms. The average Bonchev–Trinajstić information content (AvgIpc) is 2.85. The summed E-state index contributed by atoms with van der Waals surface area (Å²) < 4.78 is 11.2. The fraction of sp³-hybridized carbons (Fsp3) is 0.353. The molecule has 2 aliphatic rings. The van der Waals surface area contributed by atoms with E-state index in [1.165, 1.54) is 6.42 Å². The average molecular weight is 283 g/mol. The van der Waals surface area contributed by atoms with Crippen LogP contribution < -0.4 is 4.74 Å². The smallest absolute Gasteiger partial charge is 0.290 e. The van der Waals surface area contributed by atoms with Gasteiger partial charge >= 0.3 is 0 Å². The lowest BCUT2D eigenvalue weighted by atomic mass is 9.68. The molecule has 0 bridgehead atoms. The van der Waals surface area contributed by atoms with Gasteiger partial charge in [-0.05, 0) is 43.9 Å². The standard InChI is InChI=1S/C17H17NO3/c19-16(18-12-11-17(18)9-4-10-17)14-7-8-15(21-14)20-13-5-2-1-3-6-13/h1-3,5-8H,4,9-12H2. The zero-order valence-corrected chi connectivity index (χ0v) is 11.7. The van der Waals surface area contributed by atoms with Crippen molar-refractivity contribution in [1.82, 2.24) is 4.90 Å². The predicted octanol–water partition coefficient (Wildman–Crippen LogP) is 3.84. The molecule has 108 valence electrons. The summed E-state index contributed by atoms with van der Waals surface area (Å²) in [6.45, 7) is 0.842. The van der Waals surface area contributed by atoms with E-state index in [1.54, 1.807) is 12.1 Å². The van der Waals surface area contributed by atoms with Gasteiger partial charge in [-0.3, -0.25) is 4.79 Å². The maximum Gasteiger partial charge on any atom is 0.290 e. The lowest BCUT2D eigenvalue weighted by Gasteiger charge is -2.58. The first-order chi connectivity index (χ1) is 10.3. The summed E-state index contributed by atoms with van der Waals surface area (Å²) in [4.78, 5) is 14.4. The highest BCUT2D eigenvalue weighted by molar-refractivity contribution is 5.93. The second-order valence-electron chi connectivity index (χ2n) is 5.82. The van der Waals surface area contributed by atoms with E-state index in [0.717, 1.165) is 25.8 Å². The van der Waals surface area contributed by atoms with Gasteiger partial charge in [-0.15, -0.1) is 0 Å². The minimum absolute atomic E-state index is 0.0103. The molecule has 0 unspecified atom stereocenters. The number of amides is 1. The van der Waals surface area contributed by atoms with Crippen LogP contribution in [-0.4, -0.2) is 22.9 Å². The van der Waals surface area contributed by atoms with Gasteiger partial charge in [-0.2, -0.15) is 0 Å². The lowest BCUT2D eigenvalue weighted by molar-refractivity contribution is -0.0505. The second kappa shape index (κ2) is 4.65. The number of hydrogen-bond donors (Lipinski definition) is 0. The number of hydrogen-bond acceptors (Lipinski definition) is 3. The third-order valence-electron chi connectivity index (χ3n) is 4.66. The van der Waals surface area contributed by atoms with E-state index in [-0.39, 0.29) is 11.4 Å². The summed E-state index contributed by atoms with van der Waals surface area (Å²) in [5, 5.41) is 0. The first-order valence-corrected chi connectivity index (χ1v) is 7.42. The molecule has 2 aromatic rings. The van der Waals surface area contributed by atoms with Crippen molar-refractivity contribution in [3.63, 3.8) is 0 Å². The summed E-state index contributed by atoms with van der Waals surface area (Å²) >= 11 is 0. The maximum atomic E-state index is 12.5. The molecule has 1 aromatic heterocycles. The highest BCUT2D eigenvalue weighted by Gasteiger charge is 2.51. The van der Waals surface area contributed by atoms with Crippen LogP contribution in [0.2, 0.25) is 0 Å². The van der Waals surface area contributed by atoms with Crippen molar-refractivity contribution < 1.29 is 13.9 Å². The topological polar surface area (TPSA) is 42.7 Å². The Morgan fingerprint density at radius 2 is 1.90 bits per heavy atom.